The van der Waals surface area contributed by atoms with E-state index < -0.39 is 6.10 Å². The molecule has 0 saturated heterocycles. The van der Waals surface area contributed by atoms with Crippen molar-refractivity contribution in [3.63, 3.8) is 0 Å². The summed E-state index contributed by atoms with van der Waals surface area (Å²) in [6.07, 6.45) is 18.4. The highest BCUT2D eigenvalue weighted by Crippen LogP contribution is 2.58. The molecule has 3 aliphatic carbocycles. The lowest BCUT2D eigenvalue weighted by Gasteiger charge is -2.23. The van der Waals surface area contributed by atoms with Crippen molar-refractivity contribution in [2.24, 2.45) is 23.7 Å². The standard InChI is InChI=1S/2C10H16N2O2.C10H16/c1-3-10-11-5-7-12(10)6-4-9(14)8(2)13;1-3-9-11-6-8-12(9)7-5-10(13)14-4-2;1-2-9-7-4-5-8(6-7)10(9)3-1/h5,7-8,13H,3-4,6H2,1-2H3;6,8H,3-5,7H2,1-2H3;7-10H,1-6H2. The zero-order valence-corrected chi connectivity index (χ0v) is 23.8. The number of esters is 1. The zero-order valence-electron chi connectivity index (χ0n) is 23.8. The number of imidazole rings is 2. The molecule has 3 saturated carbocycles. The molecule has 2 aromatic heterocycles. The van der Waals surface area contributed by atoms with Crippen molar-refractivity contribution >= 4 is 11.8 Å². The number of carbonyl (C=O) groups is 2. The van der Waals surface area contributed by atoms with Gasteiger partial charge in [-0.1, -0.05) is 20.3 Å². The molecule has 8 heteroatoms. The van der Waals surface area contributed by atoms with Gasteiger partial charge in [0.05, 0.1) is 13.0 Å². The lowest BCUT2D eigenvalue weighted by molar-refractivity contribution is -0.143. The monoisotopic (exact) mass is 528 g/mol. The average Bonchev–Trinajstić information content (AvgIpc) is 3.74. The maximum atomic E-state index is 11.2. The van der Waals surface area contributed by atoms with Gasteiger partial charge >= 0.3 is 5.97 Å². The summed E-state index contributed by atoms with van der Waals surface area (Å²) >= 11 is 0. The molecule has 5 rings (SSSR count). The van der Waals surface area contributed by atoms with E-state index in [1.165, 1.54) is 30.6 Å². The summed E-state index contributed by atoms with van der Waals surface area (Å²) in [5.74, 6) is 6.51. The minimum absolute atomic E-state index is 0.124. The maximum Gasteiger partial charge on any atom is 0.307 e. The molecule has 0 amide bonds. The van der Waals surface area contributed by atoms with E-state index in [1.54, 1.807) is 50.9 Å². The van der Waals surface area contributed by atoms with Gasteiger partial charge < -0.3 is 19.0 Å². The van der Waals surface area contributed by atoms with Crippen LogP contribution in [-0.4, -0.2) is 48.7 Å². The second-order valence-corrected chi connectivity index (χ2v) is 10.8. The molecule has 1 N–H and O–H groups in total. The summed E-state index contributed by atoms with van der Waals surface area (Å²) in [4.78, 5) is 30.6. The van der Waals surface area contributed by atoms with Crippen LogP contribution in [0, 0.1) is 23.7 Å². The van der Waals surface area contributed by atoms with Crippen molar-refractivity contribution in [1.82, 2.24) is 19.1 Å². The van der Waals surface area contributed by atoms with Gasteiger partial charge in [0.15, 0.2) is 5.78 Å². The van der Waals surface area contributed by atoms with Gasteiger partial charge in [-0.2, -0.15) is 0 Å². The van der Waals surface area contributed by atoms with Gasteiger partial charge in [0, 0.05) is 57.1 Å². The number of aliphatic hydroxyl groups is 1. The molecule has 2 bridgehead atoms. The Labute approximate surface area is 228 Å². The van der Waals surface area contributed by atoms with Crippen LogP contribution in [0.15, 0.2) is 24.8 Å². The Hall–Kier alpha value is -2.48. The Morgan fingerprint density at radius 2 is 1.45 bits per heavy atom. The number of aryl methyl sites for hydroxylation is 4. The highest BCUT2D eigenvalue weighted by Gasteiger charge is 2.48. The Balaban J connectivity index is 0.000000160. The van der Waals surface area contributed by atoms with Crippen LogP contribution < -0.4 is 0 Å². The molecule has 0 aromatic carbocycles. The van der Waals surface area contributed by atoms with Crippen LogP contribution in [0.1, 0.15) is 90.7 Å². The van der Waals surface area contributed by atoms with Crippen molar-refractivity contribution in [1.29, 1.82) is 0 Å². The minimum atomic E-state index is -0.858. The fourth-order valence-corrected chi connectivity index (χ4v) is 6.62. The first-order valence-corrected chi connectivity index (χ1v) is 14.7. The number of ketones is 1. The number of carbonyl (C=O) groups excluding carboxylic acids is 2. The van der Waals surface area contributed by atoms with Crippen molar-refractivity contribution < 1.29 is 19.4 Å². The topological polar surface area (TPSA) is 99.2 Å². The highest BCUT2D eigenvalue weighted by molar-refractivity contribution is 5.82. The summed E-state index contributed by atoms with van der Waals surface area (Å²) in [6.45, 7) is 9.08. The number of rotatable bonds is 10. The molecule has 38 heavy (non-hydrogen) atoms. The van der Waals surface area contributed by atoms with E-state index in [1.807, 2.05) is 42.3 Å². The van der Waals surface area contributed by atoms with E-state index in [0.717, 1.165) is 24.5 Å². The van der Waals surface area contributed by atoms with Crippen LogP contribution in [-0.2, 0) is 40.3 Å². The third-order valence-corrected chi connectivity index (χ3v) is 8.51. The van der Waals surface area contributed by atoms with Crippen molar-refractivity contribution in [3.05, 3.63) is 36.4 Å². The molecule has 0 aliphatic heterocycles. The molecule has 0 radical (unpaired) electrons. The molecule has 5 unspecified atom stereocenters. The molecule has 2 heterocycles. The van der Waals surface area contributed by atoms with Gasteiger partial charge in [-0.05, 0) is 69.6 Å². The number of fused-ring (bicyclic) bond motifs is 5. The smallest absolute Gasteiger partial charge is 0.307 e. The van der Waals surface area contributed by atoms with E-state index in [4.69, 9.17) is 9.84 Å². The van der Waals surface area contributed by atoms with Gasteiger partial charge in [-0.15, -0.1) is 0 Å². The Morgan fingerprint density at radius 3 is 1.92 bits per heavy atom. The molecule has 3 fully saturated rings. The summed E-state index contributed by atoms with van der Waals surface area (Å²) in [7, 11) is 0. The summed E-state index contributed by atoms with van der Waals surface area (Å²) in [6, 6.07) is 0. The zero-order chi connectivity index (χ0) is 27.5. The van der Waals surface area contributed by atoms with Crippen LogP contribution in [0.4, 0.5) is 0 Å². The first-order valence-electron chi connectivity index (χ1n) is 14.7. The third kappa shape index (κ3) is 8.26. The molecular weight excluding hydrogens is 480 g/mol. The summed E-state index contributed by atoms with van der Waals surface area (Å²) in [5.41, 5.74) is 0. The second kappa shape index (κ2) is 15.2. The summed E-state index contributed by atoms with van der Waals surface area (Å²) in [5, 5.41) is 9.00. The van der Waals surface area contributed by atoms with E-state index in [2.05, 4.69) is 9.97 Å². The van der Waals surface area contributed by atoms with Crippen LogP contribution in [0.25, 0.3) is 0 Å². The minimum Gasteiger partial charge on any atom is -0.466 e. The van der Waals surface area contributed by atoms with Crippen LogP contribution in [0.2, 0.25) is 0 Å². The number of hydrogen-bond donors (Lipinski definition) is 1. The molecule has 3 aliphatic rings. The number of Topliss-reactive ketones (excluding diaryl/α,β-unsaturated/α-hetero) is 1. The second-order valence-electron chi connectivity index (χ2n) is 10.8. The van der Waals surface area contributed by atoms with Gasteiger partial charge in [0.2, 0.25) is 0 Å². The van der Waals surface area contributed by atoms with Crippen LogP contribution >= 0.6 is 0 Å². The number of ether oxygens (including phenoxy) is 1. The molecule has 5 atom stereocenters. The van der Waals surface area contributed by atoms with Crippen molar-refractivity contribution in [2.75, 3.05) is 6.61 Å². The summed E-state index contributed by atoms with van der Waals surface area (Å²) < 4.78 is 8.77. The number of aliphatic hydroxyl groups excluding tert-OH is 1. The normalized spacial score (nSPS) is 23.6. The molecule has 8 nitrogen and oxygen atoms in total. The number of hydrogen-bond acceptors (Lipinski definition) is 6. The van der Waals surface area contributed by atoms with Crippen LogP contribution in [0.5, 0.6) is 0 Å². The molecular formula is C30H48N4O4. The largest absolute Gasteiger partial charge is 0.466 e. The fourth-order valence-electron chi connectivity index (χ4n) is 6.62. The number of nitrogens with zero attached hydrogens (tertiary/aromatic N) is 4. The first kappa shape index (κ1) is 30.1. The first-order chi connectivity index (χ1) is 18.4. The van der Waals surface area contributed by atoms with E-state index in [-0.39, 0.29) is 11.8 Å². The molecule has 2 aromatic rings. The van der Waals surface area contributed by atoms with Gasteiger partial charge in [0.25, 0.3) is 0 Å². The maximum absolute atomic E-state index is 11.2. The quantitative estimate of drug-likeness (QED) is 0.435. The average molecular weight is 529 g/mol. The predicted octanol–water partition coefficient (Wildman–Crippen LogP) is 5.02. The Morgan fingerprint density at radius 1 is 0.921 bits per heavy atom. The lowest BCUT2D eigenvalue weighted by Crippen LogP contribution is -2.18. The Kier molecular flexibility index (Phi) is 12.0. The molecule has 212 valence electrons. The predicted molar refractivity (Wildman–Crippen MR) is 147 cm³/mol. The van der Waals surface area contributed by atoms with Gasteiger partial charge in [0.1, 0.15) is 17.8 Å². The Bertz CT molecular complexity index is 982. The van der Waals surface area contributed by atoms with Gasteiger partial charge in [-0.25, -0.2) is 9.97 Å². The van der Waals surface area contributed by atoms with Crippen molar-refractivity contribution in [2.45, 2.75) is 111 Å². The fraction of sp³-hybridized carbons (Fsp3) is 0.733. The SMILES string of the molecule is C1CC2C3CCC(C3)C2C1.CCOC(=O)CCn1ccnc1CC.CCc1nccn1CCC(=O)C(C)O. The van der Waals surface area contributed by atoms with Crippen molar-refractivity contribution in [3.8, 4) is 0 Å². The van der Waals surface area contributed by atoms with Gasteiger partial charge in [-0.3, -0.25) is 9.59 Å². The number of aromatic nitrogens is 4. The highest BCUT2D eigenvalue weighted by atomic mass is 16.5. The van der Waals surface area contributed by atoms with E-state index in [0.29, 0.717) is 32.5 Å². The van der Waals surface area contributed by atoms with Crippen LogP contribution in [0.3, 0.4) is 0 Å². The third-order valence-electron chi connectivity index (χ3n) is 8.51. The molecule has 0 spiro atoms. The lowest BCUT2D eigenvalue weighted by atomic mass is 9.82. The van der Waals surface area contributed by atoms with E-state index in [9.17, 15) is 9.59 Å². The van der Waals surface area contributed by atoms with E-state index >= 15 is 0 Å².